The van der Waals surface area contributed by atoms with Crippen LogP contribution >= 0.6 is 0 Å². The van der Waals surface area contributed by atoms with E-state index in [0.29, 0.717) is 0 Å². The van der Waals surface area contributed by atoms with Crippen LogP contribution in [-0.2, 0) is 10.8 Å². The van der Waals surface area contributed by atoms with Crippen molar-refractivity contribution in [1.82, 2.24) is 0 Å². The first-order chi connectivity index (χ1) is 13.5. The summed E-state index contributed by atoms with van der Waals surface area (Å²) in [5, 5.41) is 0. The summed E-state index contributed by atoms with van der Waals surface area (Å²) in [5.74, 6) is 0. The Labute approximate surface area is 172 Å². The van der Waals surface area contributed by atoms with Crippen molar-refractivity contribution in [3.05, 3.63) is 107 Å². The highest BCUT2D eigenvalue weighted by molar-refractivity contribution is 5.45. The van der Waals surface area contributed by atoms with Gasteiger partial charge in [0.05, 0.1) is 0 Å². The van der Waals surface area contributed by atoms with E-state index in [1.807, 2.05) is 13.8 Å². The maximum atomic E-state index is 2.44. The second kappa shape index (κ2) is 9.73. The van der Waals surface area contributed by atoms with Crippen molar-refractivity contribution >= 4 is 0 Å². The molecule has 0 nitrogen and oxygen atoms in total. The number of rotatable bonds is 6. The summed E-state index contributed by atoms with van der Waals surface area (Å²) < 4.78 is 0. The molecule has 2 unspecified atom stereocenters. The Morgan fingerprint density at radius 2 is 0.821 bits per heavy atom. The van der Waals surface area contributed by atoms with Crippen LogP contribution in [0.25, 0.3) is 0 Å². The van der Waals surface area contributed by atoms with Gasteiger partial charge in [-0.3, -0.25) is 0 Å². The third-order valence-corrected chi connectivity index (χ3v) is 6.37. The van der Waals surface area contributed by atoms with E-state index < -0.39 is 0 Å². The summed E-state index contributed by atoms with van der Waals surface area (Å²) in [7, 11) is 0. The molecule has 0 N–H and O–H groups in total. The van der Waals surface area contributed by atoms with E-state index in [1.54, 1.807) is 0 Å². The lowest BCUT2D eigenvalue weighted by atomic mass is 9.70. The van der Waals surface area contributed by atoms with Gasteiger partial charge in [-0.2, -0.15) is 0 Å². The summed E-state index contributed by atoms with van der Waals surface area (Å²) in [5.41, 5.74) is 5.64. The van der Waals surface area contributed by atoms with Crippen molar-refractivity contribution in [3.8, 4) is 0 Å². The van der Waals surface area contributed by atoms with Gasteiger partial charge in [0.1, 0.15) is 0 Å². The quantitative estimate of drug-likeness (QED) is 0.409. The first kappa shape index (κ1) is 22.0. The lowest BCUT2D eigenvalue weighted by Gasteiger charge is -2.34. The van der Waals surface area contributed by atoms with Crippen molar-refractivity contribution in [2.24, 2.45) is 0 Å². The number of hydrogen-bond donors (Lipinski definition) is 0. The Morgan fingerprint density at radius 3 is 1.14 bits per heavy atom. The molecule has 0 fully saturated rings. The highest BCUT2D eigenvalue weighted by atomic mass is 14.3. The zero-order valence-electron chi connectivity index (χ0n) is 18.5. The van der Waals surface area contributed by atoms with Gasteiger partial charge in [-0.05, 0) is 35.1 Å². The SMILES string of the molecule is CC.CCC(C)(c1ccccc1)c1cccc(C(C)(CC)c2ccccc2)c1. The van der Waals surface area contributed by atoms with E-state index in [4.69, 9.17) is 0 Å². The fraction of sp³-hybridized carbons (Fsp3) is 0.357. The molecule has 0 heterocycles. The van der Waals surface area contributed by atoms with E-state index in [9.17, 15) is 0 Å². The summed E-state index contributed by atoms with van der Waals surface area (Å²) in [4.78, 5) is 0. The minimum atomic E-state index is 0.0304. The van der Waals surface area contributed by atoms with E-state index in [-0.39, 0.29) is 10.8 Å². The van der Waals surface area contributed by atoms with Crippen LogP contribution in [0.5, 0.6) is 0 Å². The molecule has 0 bridgehead atoms. The second-order valence-electron chi connectivity index (χ2n) is 7.68. The zero-order chi connectivity index (χ0) is 20.6. The molecule has 0 aliphatic carbocycles. The molecule has 0 spiro atoms. The molecule has 2 atom stereocenters. The number of benzene rings is 3. The Kier molecular flexibility index (Phi) is 7.63. The molecular formula is C28H36. The van der Waals surface area contributed by atoms with Crippen molar-refractivity contribution in [2.75, 3.05) is 0 Å². The van der Waals surface area contributed by atoms with Gasteiger partial charge >= 0.3 is 0 Å². The normalized spacial score (nSPS) is 14.9. The topological polar surface area (TPSA) is 0 Å². The van der Waals surface area contributed by atoms with Crippen molar-refractivity contribution in [3.63, 3.8) is 0 Å². The highest BCUT2D eigenvalue weighted by Crippen LogP contribution is 2.40. The van der Waals surface area contributed by atoms with Crippen molar-refractivity contribution in [2.45, 2.75) is 65.2 Å². The number of hydrogen-bond acceptors (Lipinski definition) is 0. The van der Waals surface area contributed by atoms with Crippen molar-refractivity contribution in [1.29, 1.82) is 0 Å². The van der Waals surface area contributed by atoms with E-state index in [1.165, 1.54) is 22.3 Å². The standard InChI is InChI=1S/C26H30.C2H6/c1-5-25(3,21-14-9-7-10-15-21)23-18-13-19-24(20-23)26(4,6-2)22-16-11-8-12-17-22;1-2/h7-20H,5-6H2,1-4H3;1-2H3. The average molecular weight is 373 g/mol. The van der Waals surface area contributed by atoms with Gasteiger partial charge in [0.25, 0.3) is 0 Å². The van der Waals surface area contributed by atoms with Crippen LogP contribution in [0.3, 0.4) is 0 Å². The summed E-state index contributed by atoms with van der Waals surface area (Å²) in [6.45, 7) is 13.3. The van der Waals surface area contributed by atoms with E-state index in [2.05, 4.69) is 113 Å². The molecule has 28 heavy (non-hydrogen) atoms. The van der Waals surface area contributed by atoms with Gasteiger partial charge < -0.3 is 0 Å². The molecule has 0 aliphatic rings. The lowest BCUT2D eigenvalue weighted by Crippen LogP contribution is -2.26. The van der Waals surface area contributed by atoms with E-state index >= 15 is 0 Å². The first-order valence-electron chi connectivity index (χ1n) is 10.8. The Morgan fingerprint density at radius 1 is 0.500 bits per heavy atom. The predicted octanol–water partition coefficient (Wildman–Crippen LogP) is 8.14. The molecular weight excluding hydrogens is 336 g/mol. The molecule has 3 aromatic carbocycles. The van der Waals surface area contributed by atoms with Gasteiger partial charge in [0, 0.05) is 10.8 Å². The second-order valence-corrected chi connectivity index (χ2v) is 7.68. The molecule has 0 amide bonds. The van der Waals surface area contributed by atoms with Gasteiger partial charge in [0.15, 0.2) is 0 Å². The van der Waals surface area contributed by atoms with Gasteiger partial charge in [-0.1, -0.05) is 126 Å². The zero-order valence-corrected chi connectivity index (χ0v) is 18.5. The first-order valence-corrected chi connectivity index (χ1v) is 10.8. The predicted molar refractivity (Wildman–Crippen MR) is 124 cm³/mol. The van der Waals surface area contributed by atoms with Crippen LogP contribution < -0.4 is 0 Å². The molecule has 0 aromatic heterocycles. The molecule has 0 radical (unpaired) electrons. The third-order valence-electron chi connectivity index (χ3n) is 6.37. The van der Waals surface area contributed by atoms with Crippen LogP contribution in [0, 0.1) is 0 Å². The maximum absolute atomic E-state index is 2.44. The summed E-state index contributed by atoms with van der Waals surface area (Å²) in [6, 6.07) is 31.1. The summed E-state index contributed by atoms with van der Waals surface area (Å²) in [6.07, 6.45) is 2.16. The molecule has 3 rings (SSSR count). The largest absolute Gasteiger partial charge is 0.0683 e. The smallest absolute Gasteiger partial charge is 0.0172 e. The minimum absolute atomic E-state index is 0.0304. The molecule has 0 saturated heterocycles. The van der Waals surface area contributed by atoms with Crippen LogP contribution in [-0.4, -0.2) is 0 Å². The Bertz CT molecular complexity index is 765. The molecule has 148 valence electrons. The molecule has 0 saturated carbocycles. The molecule has 0 aliphatic heterocycles. The average Bonchev–Trinajstić information content (AvgIpc) is 2.80. The van der Waals surface area contributed by atoms with Crippen LogP contribution in [0.4, 0.5) is 0 Å². The van der Waals surface area contributed by atoms with Gasteiger partial charge in [-0.25, -0.2) is 0 Å². The molecule has 0 heteroatoms. The Balaban J connectivity index is 0.00000136. The third kappa shape index (κ3) is 4.22. The van der Waals surface area contributed by atoms with Crippen LogP contribution in [0.15, 0.2) is 84.9 Å². The Hall–Kier alpha value is -2.34. The fourth-order valence-corrected chi connectivity index (χ4v) is 3.97. The van der Waals surface area contributed by atoms with Crippen LogP contribution in [0.1, 0.15) is 76.6 Å². The van der Waals surface area contributed by atoms with Gasteiger partial charge in [-0.15, -0.1) is 0 Å². The monoisotopic (exact) mass is 372 g/mol. The lowest BCUT2D eigenvalue weighted by molar-refractivity contribution is 0.531. The van der Waals surface area contributed by atoms with Crippen molar-refractivity contribution < 1.29 is 0 Å². The summed E-state index contributed by atoms with van der Waals surface area (Å²) >= 11 is 0. The van der Waals surface area contributed by atoms with E-state index in [0.717, 1.165) is 12.8 Å². The maximum Gasteiger partial charge on any atom is 0.0172 e. The minimum Gasteiger partial charge on any atom is -0.0683 e. The fourth-order valence-electron chi connectivity index (χ4n) is 3.97. The van der Waals surface area contributed by atoms with Crippen LogP contribution in [0.2, 0.25) is 0 Å². The highest BCUT2D eigenvalue weighted by Gasteiger charge is 2.31. The van der Waals surface area contributed by atoms with Gasteiger partial charge in [0.2, 0.25) is 0 Å². The molecule has 3 aromatic rings.